The van der Waals surface area contributed by atoms with E-state index in [9.17, 15) is 0 Å². The number of hydrogen-bond donors (Lipinski definition) is 2. The number of rotatable bonds is 5. The Labute approximate surface area is 115 Å². The summed E-state index contributed by atoms with van der Waals surface area (Å²) in [6.07, 6.45) is 0. The topological polar surface area (TPSA) is 90.9 Å². The highest BCUT2D eigenvalue weighted by molar-refractivity contribution is 7.99. The largest absolute Gasteiger partial charge is 0.377 e. The molecule has 0 saturated heterocycles. The van der Waals surface area contributed by atoms with E-state index in [2.05, 4.69) is 20.5 Å². The lowest BCUT2D eigenvalue weighted by molar-refractivity contribution is 0.177. The minimum absolute atomic E-state index is 0.341. The normalized spacial score (nSPS) is 10.7. The third-order valence-electron chi connectivity index (χ3n) is 2.34. The number of hydrogen-bond acceptors (Lipinski definition) is 7. The van der Waals surface area contributed by atoms with Gasteiger partial charge in [-0.05, 0) is 13.0 Å². The van der Waals surface area contributed by atoms with E-state index in [0.29, 0.717) is 18.2 Å². The summed E-state index contributed by atoms with van der Waals surface area (Å²) in [6, 6.07) is 3.78. The van der Waals surface area contributed by atoms with Crippen molar-refractivity contribution in [3.63, 3.8) is 0 Å². The van der Waals surface area contributed by atoms with E-state index in [4.69, 9.17) is 10.6 Å². The number of hydrazine groups is 1. The Kier molecular flexibility index (Phi) is 4.35. The average Bonchev–Trinajstić information content (AvgIpc) is 2.68. The van der Waals surface area contributed by atoms with E-state index < -0.39 is 0 Å². The van der Waals surface area contributed by atoms with Gasteiger partial charge in [0, 0.05) is 20.2 Å². The van der Waals surface area contributed by atoms with Crippen molar-refractivity contribution >= 4 is 17.6 Å². The van der Waals surface area contributed by atoms with E-state index in [1.165, 1.54) is 11.8 Å². The van der Waals surface area contributed by atoms with Crippen LogP contribution in [0.3, 0.4) is 0 Å². The van der Waals surface area contributed by atoms with Crippen molar-refractivity contribution in [2.45, 2.75) is 23.6 Å². The molecule has 8 heteroatoms. The second-order valence-corrected chi connectivity index (χ2v) is 4.98. The average molecular weight is 280 g/mol. The molecule has 0 unspecified atom stereocenters. The predicted molar refractivity (Wildman–Crippen MR) is 72.6 cm³/mol. The van der Waals surface area contributed by atoms with E-state index in [1.54, 1.807) is 13.2 Å². The number of nitrogens with one attached hydrogen (secondary N) is 1. The molecule has 19 heavy (non-hydrogen) atoms. The molecule has 7 nitrogen and oxygen atoms in total. The van der Waals surface area contributed by atoms with Gasteiger partial charge in [0.15, 0.2) is 5.82 Å². The van der Waals surface area contributed by atoms with Crippen molar-refractivity contribution in [2.75, 3.05) is 12.5 Å². The molecule has 0 fully saturated rings. The lowest BCUT2D eigenvalue weighted by Gasteiger charge is -2.07. The Morgan fingerprint density at radius 1 is 1.42 bits per heavy atom. The molecule has 0 amide bonds. The van der Waals surface area contributed by atoms with Crippen LogP contribution < -0.4 is 11.3 Å². The zero-order valence-corrected chi connectivity index (χ0v) is 11.9. The summed E-state index contributed by atoms with van der Waals surface area (Å²) < 4.78 is 6.85. The van der Waals surface area contributed by atoms with E-state index in [-0.39, 0.29) is 0 Å². The highest BCUT2D eigenvalue weighted by atomic mass is 32.2. The van der Waals surface area contributed by atoms with Gasteiger partial charge in [-0.25, -0.2) is 15.8 Å². The fraction of sp³-hybridized carbons (Fsp3) is 0.364. The first-order chi connectivity index (χ1) is 9.12. The number of methoxy groups -OCH3 is 1. The minimum atomic E-state index is 0.341. The van der Waals surface area contributed by atoms with Crippen LogP contribution >= 0.6 is 11.8 Å². The summed E-state index contributed by atoms with van der Waals surface area (Å²) in [4.78, 5) is 8.61. The molecular formula is C11H16N6OS. The fourth-order valence-electron chi connectivity index (χ4n) is 1.58. The number of nitrogen functional groups attached to an aromatic ring is 1. The number of aromatic nitrogens is 4. The molecule has 0 aromatic carbocycles. The summed E-state index contributed by atoms with van der Waals surface area (Å²) in [5.74, 6) is 6.54. The minimum Gasteiger partial charge on any atom is -0.377 e. The first-order valence-electron chi connectivity index (χ1n) is 5.64. The molecule has 2 rings (SSSR count). The molecule has 3 N–H and O–H groups in total. The molecule has 0 saturated carbocycles. The van der Waals surface area contributed by atoms with Crippen LogP contribution in [0.1, 0.15) is 11.5 Å². The van der Waals surface area contributed by atoms with E-state index in [1.807, 2.05) is 24.7 Å². The number of nitrogens with two attached hydrogens (primary N) is 1. The molecule has 0 radical (unpaired) electrons. The van der Waals surface area contributed by atoms with Crippen molar-refractivity contribution in [1.82, 2.24) is 19.7 Å². The highest BCUT2D eigenvalue weighted by Crippen LogP contribution is 2.27. The van der Waals surface area contributed by atoms with Crippen LogP contribution in [0.25, 0.3) is 0 Å². The highest BCUT2D eigenvalue weighted by Gasteiger charge is 2.09. The molecule has 0 aliphatic carbocycles. The van der Waals surface area contributed by atoms with Crippen molar-refractivity contribution in [2.24, 2.45) is 12.9 Å². The molecule has 2 heterocycles. The maximum atomic E-state index is 5.40. The van der Waals surface area contributed by atoms with Crippen LogP contribution in [-0.2, 0) is 18.4 Å². The number of nitrogens with zero attached hydrogens (tertiary/aromatic N) is 4. The SMILES string of the molecule is COCc1nc(NN)cc(Sc2cc(C)nn2C)n1. The van der Waals surface area contributed by atoms with E-state index in [0.717, 1.165) is 15.7 Å². The zero-order valence-electron chi connectivity index (χ0n) is 11.0. The third-order valence-corrected chi connectivity index (χ3v) is 3.35. The van der Waals surface area contributed by atoms with Crippen LogP contribution in [0.5, 0.6) is 0 Å². The molecule has 0 bridgehead atoms. The maximum Gasteiger partial charge on any atom is 0.157 e. The molecular weight excluding hydrogens is 264 g/mol. The molecule has 102 valence electrons. The maximum absolute atomic E-state index is 5.40. The van der Waals surface area contributed by atoms with Crippen LogP contribution in [0.2, 0.25) is 0 Å². The summed E-state index contributed by atoms with van der Waals surface area (Å²) >= 11 is 1.50. The van der Waals surface area contributed by atoms with Crippen LogP contribution in [0.4, 0.5) is 5.82 Å². The third kappa shape index (κ3) is 3.43. The van der Waals surface area contributed by atoms with Gasteiger partial charge in [0.25, 0.3) is 0 Å². The Morgan fingerprint density at radius 3 is 2.79 bits per heavy atom. The summed E-state index contributed by atoms with van der Waals surface area (Å²) in [5, 5.41) is 6.09. The Balaban J connectivity index is 2.28. The monoisotopic (exact) mass is 280 g/mol. The van der Waals surface area contributed by atoms with Gasteiger partial charge in [-0.1, -0.05) is 11.8 Å². The number of anilines is 1. The lowest BCUT2D eigenvalue weighted by atomic mass is 10.5. The van der Waals surface area contributed by atoms with Crippen molar-refractivity contribution in [3.05, 3.63) is 23.7 Å². The van der Waals surface area contributed by atoms with Gasteiger partial charge in [-0.3, -0.25) is 4.68 Å². The van der Waals surface area contributed by atoms with E-state index >= 15 is 0 Å². The van der Waals surface area contributed by atoms with Gasteiger partial charge >= 0.3 is 0 Å². The summed E-state index contributed by atoms with van der Waals surface area (Å²) in [7, 11) is 3.50. The lowest BCUT2D eigenvalue weighted by Crippen LogP contribution is -2.11. The van der Waals surface area contributed by atoms with Gasteiger partial charge in [0.1, 0.15) is 22.5 Å². The van der Waals surface area contributed by atoms with Gasteiger partial charge in [0.2, 0.25) is 0 Å². The molecule has 2 aromatic rings. The summed E-state index contributed by atoms with van der Waals surface area (Å²) in [5.41, 5.74) is 3.50. The van der Waals surface area contributed by atoms with Gasteiger partial charge in [-0.2, -0.15) is 5.10 Å². The zero-order chi connectivity index (χ0) is 13.8. The standard InChI is InChI=1S/C11H16N6OS/c1-7-4-11(17(2)16-7)19-10-5-8(15-12)13-9(14-10)6-18-3/h4-5H,6,12H2,1-3H3,(H,13,14,15). The van der Waals surface area contributed by atoms with Gasteiger partial charge in [0.05, 0.1) is 5.69 Å². The quantitative estimate of drug-likeness (QED) is 0.481. The van der Waals surface area contributed by atoms with Crippen molar-refractivity contribution in [1.29, 1.82) is 0 Å². The van der Waals surface area contributed by atoms with Crippen molar-refractivity contribution < 1.29 is 4.74 Å². The first kappa shape index (κ1) is 13.8. The second kappa shape index (κ2) is 6.00. The molecule has 0 atom stereocenters. The Morgan fingerprint density at radius 2 is 2.21 bits per heavy atom. The molecule has 0 aliphatic rings. The van der Waals surface area contributed by atoms with Crippen LogP contribution in [-0.4, -0.2) is 26.9 Å². The number of ether oxygens (including phenoxy) is 1. The van der Waals surface area contributed by atoms with Gasteiger partial charge < -0.3 is 10.2 Å². The smallest absolute Gasteiger partial charge is 0.157 e. The van der Waals surface area contributed by atoms with Crippen LogP contribution in [0, 0.1) is 6.92 Å². The number of aryl methyl sites for hydroxylation is 2. The second-order valence-electron chi connectivity index (χ2n) is 3.93. The Hall–Kier alpha value is -1.64. The summed E-state index contributed by atoms with van der Waals surface area (Å²) in [6.45, 7) is 2.29. The predicted octanol–water partition coefficient (Wildman–Crippen LogP) is 1.10. The van der Waals surface area contributed by atoms with Gasteiger partial charge in [-0.15, -0.1) is 0 Å². The molecule has 2 aromatic heterocycles. The fourth-order valence-corrected chi connectivity index (χ4v) is 2.52. The first-order valence-corrected chi connectivity index (χ1v) is 6.46. The van der Waals surface area contributed by atoms with Crippen molar-refractivity contribution in [3.8, 4) is 0 Å². The van der Waals surface area contributed by atoms with Crippen LogP contribution in [0.15, 0.2) is 22.2 Å². The molecule has 0 spiro atoms. The Bertz CT molecular complexity index is 570. The molecule has 0 aliphatic heterocycles.